The molecule has 0 fully saturated rings. The van der Waals surface area contributed by atoms with Crippen molar-refractivity contribution < 1.29 is 10.2 Å². The molecule has 0 spiro atoms. The predicted octanol–water partition coefficient (Wildman–Crippen LogP) is -1.03. The van der Waals surface area contributed by atoms with Crippen LogP contribution in [-0.4, -0.2) is 22.9 Å². The summed E-state index contributed by atoms with van der Waals surface area (Å²) < 4.78 is 0. The largest absolute Gasteiger partial charge is 0.393 e. The van der Waals surface area contributed by atoms with Crippen molar-refractivity contribution in [3.63, 3.8) is 0 Å². The average molecular weight is 86.1 g/mol. The van der Waals surface area contributed by atoms with Gasteiger partial charge in [-0.15, -0.1) is 6.42 Å². The molecule has 0 rings (SSSR count). The lowest BCUT2D eigenvalue weighted by atomic mass is 10.4. The third-order valence-electron chi connectivity index (χ3n) is 0.365. The third kappa shape index (κ3) is 1.77. The molecule has 0 heterocycles. The fraction of sp³-hybridized carbons (Fsp3) is 0.500. The second kappa shape index (κ2) is 2.70. The number of hydrogen-bond donors (Lipinski definition) is 2. The summed E-state index contributed by atoms with van der Waals surface area (Å²) >= 11 is 0. The molecule has 6 heavy (non-hydrogen) atoms. The molecule has 1 unspecified atom stereocenters. The lowest BCUT2D eigenvalue weighted by molar-refractivity contribution is 0.138. The summed E-state index contributed by atoms with van der Waals surface area (Å²) in [6, 6.07) is 0. The molecule has 0 bridgehead atoms. The zero-order valence-electron chi connectivity index (χ0n) is 3.26. The smallest absolute Gasteiger partial charge is 0.137 e. The van der Waals surface area contributed by atoms with Gasteiger partial charge in [-0.05, 0) is 0 Å². The minimum absolute atomic E-state index is 0.351. The second-order valence-corrected chi connectivity index (χ2v) is 0.865. The van der Waals surface area contributed by atoms with Crippen molar-refractivity contribution in [1.29, 1.82) is 0 Å². The Morgan fingerprint density at radius 1 is 1.83 bits per heavy atom. The van der Waals surface area contributed by atoms with Crippen LogP contribution in [0.4, 0.5) is 0 Å². The zero-order chi connectivity index (χ0) is 4.99. The van der Waals surface area contributed by atoms with E-state index in [1.807, 2.05) is 5.92 Å². The number of rotatable bonds is 1. The molecular weight excluding hydrogens is 80.0 g/mol. The monoisotopic (exact) mass is 86.0 g/mol. The maximum atomic E-state index is 8.18. The summed E-state index contributed by atoms with van der Waals surface area (Å²) in [5.74, 6) is 1.92. The molecule has 0 amide bonds. The Morgan fingerprint density at radius 3 is 2.33 bits per heavy atom. The Balaban J connectivity index is 3.04. The van der Waals surface area contributed by atoms with E-state index < -0.39 is 6.10 Å². The van der Waals surface area contributed by atoms with Crippen LogP contribution >= 0.6 is 0 Å². The van der Waals surface area contributed by atoms with E-state index in [0.717, 1.165) is 0 Å². The van der Waals surface area contributed by atoms with Gasteiger partial charge in [-0.25, -0.2) is 0 Å². The van der Waals surface area contributed by atoms with Crippen LogP contribution in [0.1, 0.15) is 0 Å². The summed E-state index contributed by atoms with van der Waals surface area (Å²) in [5, 5.41) is 16.1. The minimum atomic E-state index is -0.981. The number of aliphatic hydroxyl groups is 2. The molecule has 0 saturated carbocycles. The molecule has 2 N–H and O–H groups in total. The van der Waals surface area contributed by atoms with Crippen LogP contribution in [0.5, 0.6) is 0 Å². The Hall–Kier alpha value is -0.520. The summed E-state index contributed by atoms with van der Waals surface area (Å²) in [7, 11) is 0. The Morgan fingerprint density at radius 2 is 2.33 bits per heavy atom. The fourth-order valence-electron chi connectivity index (χ4n) is 0.0527. The normalized spacial score (nSPS) is 12.8. The zero-order valence-corrected chi connectivity index (χ0v) is 3.26. The highest BCUT2D eigenvalue weighted by molar-refractivity contribution is 4.92. The van der Waals surface area contributed by atoms with Gasteiger partial charge in [0.05, 0.1) is 6.61 Å². The van der Waals surface area contributed by atoms with E-state index in [1.54, 1.807) is 0 Å². The van der Waals surface area contributed by atoms with Gasteiger partial charge in [0.25, 0.3) is 0 Å². The molecule has 0 aromatic carbocycles. The highest BCUT2D eigenvalue weighted by Gasteiger charge is 1.88. The maximum absolute atomic E-state index is 8.18. The van der Waals surface area contributed by atoms with Crippen molar-refractivity contribution in [1.82, 2.24) is 0 Å². The van der Waals surface area contributed by atoms with Crippen LogP contribution in [-0.2, 0) is 0 Å². The number of terminal acetylenes is 1. The van der Waals surface area contributed by atoms with E-state index in [1.165, 1.54) is 0 Å². The Kier molecular flexibility index (Phi) is 2.47. The van der Waals surface area contributed by atoms with Gasteiger partial charge in [-0.2, -0.15) is 0 Å². The van der Waals surface area contributed by atoms with Gasteiger partial charge in [-0.1, -0.05) is 5.92 Å². The molecule has 0 aromatic rings. The maximum Gasteiger partial charge on any atom is 0.137 e. The van der Waals surface area contributed by atoms with E-state index in [2.05, 4.69) is 6.42 Å². The minimum Gasteiger partial charge on any atom is -0.393 e. The van der Waals surface area contributed by atoms with Crippen molar-refractivity contribution in [3.05, 3.63) is 0 Å². The Bertz CT molecular complexity index is 62.4. The second-order valence-electron chi connectivity index (χ2n) is 0.865. The fourth-order valence-corrected chi connectivity index (χ4v) is 0.0527. The Labute approximate surface area is 36.4 Å². The molecule has 0 aliphatic heterocycles. The van der Waals surface area contributed by atoms with Gasteiger partial charge in [0.1, 0.15) is 6.10 Å². The van der Waals surface area contributed by atoms with Crippen molar-refractivity contribution in [3.8, 4) is 12.3 Å². The third-order valence-corrected chi connectivity index (χ3v) is 0.365. The predicted molar refractivity (Wildman–Crippen MR) is 21.9 cm³/mol. The van der Waals surface area contributed by atoms with E-state index >= 15 is 0 Å². The van der Waals surface area contributed by atoms with Crippen molar-refractivity contribution in [2.75, 3.05) is 6.61 Å². The van der Waals surface area contributed by atoms with Gasteiger partial charge in [0.2, 0.25) is 0 Å². The van der Waals surface area contributed by atoms with Gasteiger partial charge in [0, 0.05) is 0 Å². The molecular formula is C4H6O2. The highest BCUT2D eigenvalue weighted by Crippen LogP contribution is 1.69. The molecule has 34 valence electrons. The summed E-state index contributed by atoms with van der Waals surface area (Å²) in [6.07, 6.45) is 3.64. The first-order chi connectivity index (χ1) is 2.81. The lowest BCUT2D eigenvalue weighted by Crippen LogP contribution is -2.06. The van der Waals surface area contributed by atoms with Gasteiger partial charge in [-0.3, -0.25) is 0 Å². The van der Waals surface area contributed by atoms with Gasteiger partial charge < -0.3 is 10.2 Å². The number of hydrogen-bond acceptors (Lipinski definition) is 2. The molecule has 0 saturated heterocycles. The van der Waals surface area contributed by atoms with Crippen LogP contribution in [0.15, 0.2) is 0 Å². The van der Waals surface area contributed by atoms with Gasteiger partial charge >= 0.3 is 0 Å². The average Bonchev–Trinajstić information content (AvgIpc) is 1.65. The lowest BCUT2D eigenvalue weighted by Gasteiger charge is -1.89. The summed E-state index contributed by atoms with van der Waals surface area (Å²) in [5.41, 5.74) is 0. The van der Waals surface area contributed by atoms with Crippen molar-refractivity contribution in [2.45, 2.75) is 6.10 Å². The molecule has 2 heteroatoms. The van der Waals surface area contributed by atoms with E-state index in [9.17, 15) is 0 Å². The molecule has 0 aliphatic rings. The first kappa shape index (κ1) is 5.48. The standard InChI is InChI=1S/C4H6O2/c1-2-4(6)3-5/h1,4-6H,3H2. The number of aliphatic hydroxyl groups excluding tert-OH is 2. The van der Waals surface area contributed by atoms with Crippen LogP contribution in [0.25, 0.3) is 0 Å². The summed E-state index contributed by atoms with van der Waals surface area (Å²) in [4.78, 5) is 0. The van der Waals surface area contributed by atoms with Crippen molar-refractivity contribution >= 4 is 0 Å². The van der Waals surface area contributed by atoms with Crippen LogP contribution < -0.4 is 0 Å². The van der Waals surface area contributed by atoms with E-state index in [-0.39, 0.29) is 6.61 Å². The molecule has 0 aromatic heterocycles. The first-order valence-corrected chi connectivity index (χ1v) is 1.56. The highest BCUT2D eigenvalue weighted by atomic mass is 16.3. The van der Waals surface area contributed by atoms with Crippen LogP contribution in [0, 0.1) is 12.3 Å². The topological polar surface area (TPSA) is 40.5 Å². The quantitative estimate of drug-likeness (QED) is 0.401. The van der Waals surface area contributed by atoms with Gasteiger partial charge in [0.15, 0.2) is 0 Å². The summed E-state index contributed by atoms with van der Waals surface area (Å²) in [6.45, 7) is -0.351. The molecule has 1 atom stereocenters. The molecule has 0 radical (unpaired) electrons. The first-order valence-electron chi connectivity index (χ1n) is 1.56. The molecule has 0 aliphatic carbocycles. The molecule has 2 nitrogen and oxygen atoms in total. The van der Waals surface area contributed by atoms with E-state index in [0.29, 0.717) is 0 Å². The van der Waals surface area contributed by atoms with Crippen molar-refractivity contribution in [2.24, 2.45) is 0 Å². The SMILES string of the molecule is C#CC(O)CO. The van der Waals surface area contributed by atoms with Crippen LogP contribution in [0.2, 0.25) is 0 Å². The van der Waals surface area contributed by atoms with E-state index in [4.69, 9.17) is 10.2 Å². The van der Waals surface area contributed by atoms with Crippen LogP contribution in [0.3, 0.4) is 0 Å².